The van der Waals surface area contributed by atoms with Gasteiger partial charge in [-0.15, -0.1) is 0 Å². The van der Waals surface area contributed by atoms with E-state index in [2.05, 4.69) is 46.7 Å². The van der Waals surface area contributed by atoms with Crippen LogP contribution in [0.15, 0.2) is 30.3 Å². The number of urea groups is 1. The average molecular weight is 275 g/mol. The van der Waals surface area contributed by atoms with E-state index in [0.29, 0.717) is 0 Å². The molecule has 1 heterocycles. The summed E-state index contributed by atoms with van der Waals surface area (Å²) in [6.07, 6.45) is 3.18. The van der Waals surface area contributed by atoms with Gasteiger partial charge in [-0.3, -0.25) is 4.90 Å². The van der Waals surface area contributed by atoms with Gasteiger partial charge < -0.3 is 10.6 Å². The molecule has 2 rings (SSSR count). The van der Waals surface area contributed by atoms with Gasteiger partial charge in [0.2, 0.25) is 0 Å². The van der Waals surface area contributed by atoms with E-state index in [1.807, 2.05) is 6.07 Å². The Labute approximate surface area is 121 Å². The monoisotopic (exact) mass is 275 g/mol. The van der Waals surface area contributed by atoms with Crippen molar-refractivity contribution in [3.63, 3.8) is 0 Å². The normalized spacial score (nSPS) is 18.9. The molecule has 0 bridgehead atoms. The molecule has 0 radical (unpaired) electrons. The summed E-state index contributed by atoms with van der Waals surface area (Å²) in [7, 11) is 0. The Hall–Kier alpha value is -1.55. The molecule has 1 saturated heterocycles. The van der Waals surface area contributed by atoms with Gasteiger partial charge in [-0.25, -0.2) is 4.79 Å². The van der Waals surface area contributed by atoms with Crippen molar-refractivity contribution in [2.75, 3.05) is 19.6 Å². The third-order valence-corrected chi connectivity index (χ3v) is 3.67. The minimum Gasteiger partial charge on any atom is -0.338 e. The lowest BCUT2D eigenvalue weighted by Gasteiger charge is -2.17. The molecule has 1 unspecified atom stereocenters. The Morgan fingerprint density at radius 3 is 2.90 bits per heavy atom. The molecule has 1 aliphatic rings. The molecular formula is C16H25N3O. The minimum absolute atomic E-state index is 0.0231. The summed E-state index contributed by atoms with van der Waals surface area (Å²) in [5.74, 6) is 0. The fourth-order valence-electron chi connectivity index (χ4n) is 2.55. The average Bonchev–Trinajstić information content (AvgIpc) is 2.87. The predicted octanol–water partition coefficient (Wildman–Crippen LogP) is 2.36. The van der Waals surface area contributed by atoms with Gasteiger partial charge in [-0.05, 0) is 18.4 Å². The van der Waals surface area contributed by atoms with Gasteiger partial charge in [0.05, 0.1) is 0 Å². The Bertz CT molecular complexity index is 407. The number of nitrogens with one attached hydrogen (secondary N) is 2. The molecule has 4 heteroatoms. The number of amides is 2. The van der Waals surface area contributed by atoms with Crippen molar-refractivity contribution in [2.45, 2.75) is 38.8 Å². The lowest BCUT2D eigenvalue weighted by Crippen LogP contribution is -2.43. The van der Waals surface area contributed by atoms with E-state index in [-0.39, 0.29) is 12.1 Å². The molecule has 1 aromatic rings. The first kappa shape index (κ1) is 14.9. The summed E-state index contributed by atoms with van der Waals surface area (Å²) < 4.78 is 0. The quantitative estimate of drug-likeness (QED) is 0.783. The molecule has 1 aromatic carbocycles. The molecule has 1 fully saturated rings. The topological polar surface area (TPSA) is 44.4 Å². The lowest BCUT2D eigenvalue weighted by molar-refractivity contribution is 0.236. The van der Waals surface area contributed by atoms with Crippen LogP contribution in [0.2, 0.25) is 0 Å². The molecule has 20 heavy (non-hydrogen) atoms. The smallest absolute Gasteiger partial charge is 0.315 e. The van der Waals surface area contributed by atoms with Crippen LogP contribution in [-0.2, 0) is 6.54 Å². The van der Waals surface area contributed by atoms with E-state index >= 15 is 0 Å². The highest BCUT2D eigenvalue weighted by Gasteiger charge is 2.23. The number of nitrogens with zero attached hydrogens (tertiary/aromatic N) is 1. The molecule has 0 aromatic heterocycles. The van der Waals surface area contributed by atoms with Crippen LogP contribution in [0, 0.1) is 0 Å². The molecule has 0 spiro atoms. The Morgan fingerprint density at radius 1 is 1.35 bits per heavy atom. The minimum atomic E-state index is -0.0231. The molecule has 0 saturated carbocycles. The van der Waals surface area contributed by atoms with Crippen LogP contribution in [0.4, 0.5) is 4.79 Å². The van der Waals surface area contributed by atoms with Crippen LogP contribution < -0.4 is 10.6 Å². The zero-order valence-electron chi connectivity index (χ0n) is 12.3. The highest BCUT2D eigenvalue weighted by Crippen LogP contribution is 2.13. The largest absolute Gasteiger partial charge is 0.338 e. The lowest BCUT2D eigenvalue weighted by atomic mass is 10.2. The zero-order chi connectivity index (χ0) is 14.2. The Morgan fingerprint density at radius 2 is 2.15 bits per heavy atom. The second kappa shape index (κ2) is 7.90. The van der Waals surface area contributed by atoms with Gasteiger partial charge in [0.1, 0.15) is 0 Å². The summed E-state index contributed by atoms with van der Waals surface area (Å²) in [6.45, 7) is 5.85. The van der Waals surface area contributed by atoms with E-state index in [1.165, 1.54) is 5.56 Å². The summed E-state index contributed by atoms with van der Waals surface area (Å²) in [6, 6.07) is 10.7. The van der Waals surface area contributed by atoms with Gasteiger partial charge >= 0.3 is 6.03 Å². The van der Waals surface area contributed by atoms with Crippen LogP contribution in [0.25, 0.3) is 0 Å². The third kappa shape index (κ3) is 4.85. The van der Waals surface area contributed by atoms with Crippen molar-refractivity contribution in [1.82, 2.24) is 15.5 Å². The Balaban J connectivity index is 1.68. The van der Waals surface area contributed by atoms with Crippen LogP contribution >= 0.6 is 0 Å². The van der Waals surface area contributed by atoms with Crippen molar-refractivity contribution in [1.29, 1.82) is 0 Å². The maximum Gasteiger partial charge on any atom is 0.315 e. The zero-order valence-corrected chi connectivity index (χ0v) is 12.3. The van der Waals surface area contributed by atoms with Crippen LogP contribution in [0.5, 0.6) is 0 Å². The Kier molecular flexibility index (Phi) is 5.87. The van der Waals surface area contributed by atoms with Crippen molar-refractivity contribution in [3.05, 3.63) is 35.9 Å². The molecule has 2 amide bonds. The first-order valence-corrected chi connectivity index (χ1v) is 7.58. The van der Waals surface area contributed by atoms with Gasteiger partial charge in [0.15, 0.2) is 0 Å². The highest BCUT2D eigenvalue weighted by molar-refractivity contribution is 5.74. The first-order valence-electron chi connectivity index (χ1n) is 7.58. The highest BCUT2D eigenvalue weighted by atomic mass is 16.2. The third-order valence-electron chi connectivity index (χ3n) is 3.67. The SMILES string of the molecule is CCCCNC(=O)NC1CCN(Cc2ccccc2)C1. The number of benzene rings is 1. The first-order chi connectivity index (χ1) is 9.78. The number of unbranched alkanes of at least 4 members (excludes halogenated alkanes) is 1. The fourth-order valence-corrected chi connectivity index (χ4v) is 2.55. The van der Waals surface area contributed by atoms with Crippen molar-refractivity contribution < 1.29 is 4.79 Å². The van der Waals surface area contributed by atoms with E-state index in [1.54, 1.807) is 0 Å². The van der Waals surface area contributed by atoms with Gasteiger partial charge in [0, 0.05) is 32.2 Å². The van der Waals surface area contributed by atoms with Crippen molar-refractivity contribution >= 4 is 6.03 Å². The molecule has 4 nitrogen and oxygen atoms in total. The molecule has 110 valence electrons. The molecule has 0 aliphatic carbocycles. The van der Waals surface area contributed by atoms with Crippen molar-refractivity contribution in [3.8, 4) is 0 Å². The number of likely N-dealkylation sites (tertiary alicyclic amines) is 1. The van der Waals surface area contributed by atoms with Crippen LogP contribution in [-0.4, -0.2) is 36.6 Å². The number of carbonyl (C=O) groups excluding carboxylic acids is 1. The molecule has 2 N–H and O–H groups in total. The molecule has 1 aliphatic heterocycles. The number of hydrogen-bond donors (Lipinski definition) is 2. The second-order valence-corrected chi connectivity index (χ2v) is 5.46. The van der Waals surface area contributed by atoms with E-state index in [4.69, 9.17) is 0 Å². The second-order valence-electron chi connectivity index (χ2n) is 5.46. The summed E-state index contributed by atoms with van der Waals surface area (Å²) in [5, 5.41) is 5.97. The van der Waals surface area contributed by atoms with Gasteiger partial charge in [-0.2, -0.15) is 0 Å². The fraction of sp³-hybridized carbons (Fsp3) is 0.562. The number of rotatable bonds is 6. The summed E-state index contributed by atoms with van der Waals surface area (Å²) in [5.41, 5.74) is 1.33. The standard InChI is InChI=1S/C16H25N3O/c1-2-3-10-17-16(20)18-15-9-11-19(13-15)12-14-7-5-4-6-8-14/h4-8,15H,2-3,9-13H2,1H3,(H2,17,18,20). The van der Waals surface area contributed by atoms with Crippen LogP contribution in [0.3, 0.4) is 0 Å². The number of carbonyl (C=O) groups is 1. The van der Waals surface area contributed by atoms with Gasteiger partial charge in [-0.1, -0.05) is 43.7 Å². The van der Waals surface area contributed by atoms with Crippen LogP contribution in [0.1, 0.15) is 31.7 Å². The maximum absolute atomic E-state index is 11.7. The van der Waals surface area contributed by atoms with E-state index in [0.717, 1.165) is 45.4 Å². The summed E-state index contributed by atoms with van der Waals surface area (Å²) >= 11 is 0. The van der Waals surface area contributed by atoms with E-state index in [9.17, 15) is 4.79 Å². The molecular weight excluding hydrogens is 250 g/mol. The van der Waals surface area contributed by atoms with Crippen molar-refractivity contribution in [2.24, 2.45) is 0 Å². The molecule has 1 atom stereocenters. The maximum atomic E-state index is 11.7. The van der Waals surface area contributed by atoms with Gasteiger partial charge in [0.25, 0.3) is 0 Å². The predicted molar refractivity (Wildman–Crippen MR) is 81.6 cm³/mol. The number of hydrogen-bond acceptors (Lipinski definition) is 2. The van der Waals surface area contributed by atoms with E-state index < -0.39 is 0 Å². The summed E-state index contributed by atoms with van der Waals surface area (Å²) in [4.78, 5) is 14.1.